The Balaban J connectivity index is 2.12. The molecule has 0 unspecified atom stereocenters. The first-order valence-electron chi connectivity index (χ1n) is 7.55. The van der Waals surface area contributed by atoms with Crippen LogP contribution in [-0.4, -0.2) is 36.7 Å². The standard InChI is InChI=1S/C18H18O7/c1-12(19)24-16-8-9-22-10-15(17(16)25-13(2)20)11-23-18(21)14-6-4-3-5-7-14/h3-10,16-17H,11H2,1-2H3/t16-,17+/m0/s1. The summed E-state index contributed by atoms with van der Waals surface area (Å²) in [6.45, 7) is 2.28. The molecule has 0 spiro atoms. The number of carbonyl (C=O) groups excluding carboxylic acids is 3. The van der Waals surface area contributed by atoms with Crippen LogP contribution in [0.4, 0.5) is 0 Å². The number of rotatable bonds is 5. The highest BCUT2D eigenvalue weighted by atomic mass is 16.6. The minimum absolute atomic E-state index is 0.189. The third-order valence-corrected chi connectivity index (χ3v) is 3.20. The van der Waals surface area contributed by atoms with E-state index in [-0.39, 0.29) is 6.61 Å². The number of hydrogen-bond donors (Lipinski definition) is 0. The molecule has 1 aromatic carbocycles. The Morgan fingerprint density at radius 1 is 1.04 bits per heavy atom. The van der Waals surface area contributed by atoms with Crippen molar-refractivity contribution in [1.29, 1.82) is 0 Å². The quantitative estimate of drug-likeness (QED) is 0.596. The molecule has 132 valence electrons. The summed E-state index contributed by atoms with van der Waals surface area (Å²) < 4.78 is 20.8. The largest absolute Gasteiger partial charge is 0.473 e. The number of benzene rings is 1. The number of carbonyl (C=O) groups is 3. The Labute approximate surface area is 144 Å². The highest BCUT2D eigenvalue weighted by Crippen LogP contribution is 2.20. The van der Waals surface area contributed by atoms with Crippen LogP contribution in [0.15, 0.2) is 54.5 Å². The molecular formula is C18H18O7. The highest BCUT2D eigenvalue weighted by Gasteiger charge is 2.31. The summed E-state index contributed by atoms with van der Waals surface area (Å²) >= 11 is 0. The number of hydrogen-bond acceptors (Lipinski definition) is 7. The van der Waals surface area contributed by atoms with Gasteiger partial charge in [0.05, 0.1) is 18.1 Å². The molecule has 2 atom stereocenters. The first-order valence-corrected chi connectivity index (χ1v) is 7.55. The normalized spacial score (nSPS) is 19.0. The zero-order valence-electron chi connectivity index (χ0n) is 13.8. The maximum Gasteiger partial charge on any atom is 0.338 e. The van der Waals surface area contributed by atoms with Gasteiger partial charge in [-0.05, 0) is 18.2 Å². The molecule has 0 bridgehead atoms. The molecule has 0 aromatic heterocycles. The predicted molar refractivity (Wildman–Crippen MR) is 86.1 cm³/mol. The topological polar surface area (TPSA) is 88.1 Å². The van der Waals surface area contributed by atoms with Crippen LogP contribution in [0.1, 0.15) is 24.2 Å². The fourth-order valence-electron chi connectivity index (χ4n) is 2.17. The van der Waals surface area contributed by atoms with E-state index >= 15 is 0 Å². The molecule has 1 heterocycles. The maximum atomic E-state index is 12.1. The number of ether oxygens (including phenoxy) is 4. The average Bonchev–Trinajstić information content (AvgIpc) is 2.75. The van der Waals surface area contributed by atoms with Crippen molar-refractivity contribution in [1.82, 2.24) is 0 Å². The van der Waals surface area contributed by atoms with Gasteiger partial charge in [-0.25, -0.2) is 4.79 Å². The van der Waals surface area contributed by atoms with Crippen LogP contribution in [0, 0.1) is 0 Å². The monoisotopic (exact) mass is 346 g/mol. The van der Waals surface area contributed by atoms with E-state index in [1.165, 1.54) is 32.4 Å². The van der Waals surface area contributed by atoms with Crippen molar-refractivity contribution in [3.05, 3.63) is 60.1 Å². The summed E-state index contributed by atoms with van der Waals surface area (Å²) in [7, 11) is 0. The van der Waals surface area contributed by atoms with Crippen LogP contribution in [0.5, 0.6) is 0 Å². The third-order valence-electron chi connectivity index (χ3n) is 3.20. The van der Waals surface area contributed by atoms with Gasteiger partial charge in [0, 0.05) is 19.4 Å². The molecule has 25 heavy (non-hydrogen) atoms. The van der Waals surface area contributed by atoms with Crippen molar-refractivity contribution in [3.63, 3.8) is 0 Å². The Hall–Kier alpha value is -3.09. The fraction of sp³-hybridized carbons (Fsp3) is 0.278. The van der Waals surface area contributed by atoms with Gasteiger partial charge in [0.25, 0.3) is 0 Å². The van der Waals surface area contributed by atoms with Gasteiger partial charge >= 0.3 is 17.9 Å². The van der Waals surface area contributed by atoms with Gasteiger partial charge in [0.1, 0.15) is 6.61 Å². The highest BCUT2D eigenvalue weighted by molar-refractivity contribution is 5.89. The van der Waals surface area contributed by atoms with Crippen LogP contribution in [0.2, 0.25) is 0 Å². The molecule has 7 nitrogen and oxygen atoms in total. The van der Waals surface area contributed by atoms with E-state index in [1.54, 1.807) is 30.3 Å². The van der Waals surface area contributed by atoms with Gasteiger partial charge in [0.15, 0.2) is 12.2 Å². The second-order valence-corrected chi connectivity index (χ2v) is 5.20. The van der Waals surface area contributed by atoms with Crippen LogP contribution >= 0.6 is 0 Å². The van der Waals surface area contributed by atoms with Crippen LogP contribution in [0.3, 0.4) is 0 Å². The molecule has 2 rings (SSSR count). The van der Waals surface area contributed by atoms with Crippen molar-refractivity contribution in [2.75, 3.05) is 6.61 Å². The summed E-state index contributed by atoms with van der Waals surface area (Å²) in [5.74, 6) is -1.66. The summed E-state index contributed by atoms with van der Waals surface area (Å²) in [5.41, 5.74) is 0.729. The van der Waals surface area contributed by atoms with E-state index in [0.29, 0.717) is 11.1 Å². The maximum absolute atomic E-state index is 12.1. The van der Waals surface area contributed by atoms with Crippen molar-refractivity contribution in [3.8, 4) is 0 Å². The molecule has 0 amide bonds. The van der Waals surface area contributed by atoms with Crippen LogP contribution < -0.4 is 0 Å². The molecule has 0 saturated heterocycles. The van der Waals surface area contributed by atoms with Crippen molar-refractivity contribution in [2.24, 2.45) is 0 Å². The zero-order valence-corrected chi connectivity index (χ0v) is 13.8. The second kappa shape index (κ2) is 8.68. The minimum atomic E-state index is -0.955. The number of esters is 3. The lowest BCUT2D eigenvalue weighted by Gasteiger charge is -2.24. The summed E-state index contributed by atoms with van der Waals surface area (Å²) in [4.78, 5) is 34.7. The molecule has 0 fully saturated rings. The lowest BCUT2D eigenvalue weighted by molar-refractivity contribution is -0.159. The smallest absolute Gasteiger partial charge is 0.338 e. The van der Waals surface area contributed by atoms with Crippen molar-refractivity contribution in [2.45, 2.75) is 26.1 Å². The molecule has 1 aromatic rings. The molecule has 0 radical (unpaired) electrons. The van der Waals surface area contributed by atoms with E-state index < -0.39 is 30.1 Å². The molecule has 1 aliphatic heterocycles. The molecular weight excluding hydrogens is 328 g/mol. The van der Waals surface area contributed by atoms with E-state index in [2.05, 4.69) is 0 Å². The van der Waals surface area contributed by atoms with Gasteiger partial charge in [-0.2, -0.15) is 0 Å². The molecule has 1 aliphatic rings. The van der Waals surface area contributed by atoms with Gasteiger partial charge in [0.2, 0.25) is 0 Å². The predicted octanol–water partition coefficient (Wildman–Crippen LogP) is 2.13. The molecule has 0 aliphatic carbocycles. The van der Waals surface area contributed by atoms with Crippen LogP contribution in [0.25, 0.3) is 0 Å². The van der Waals surface area contributed by atoms with Gasteiger partial charge in [-0.1, -0.05) is 18.2 Å². The van der Waals surface area contributed by atoms with E-state index in [9.17, 15) is 14.4 Å². The average molecular weight is 346 g/mol. The third kappa shape index (κ3) is 5.49. The molecule has 0 saturated carbocycles. The lowest BCUT2D eigenvalue weighted by Crippen LogP contribution is -2.35. The summed E-state index contributed by atoms with van der Waals surface area (Å²) in [6.07, 6.45) is 2.20. The second-order valence-electron chi connectivity index (χ2n) is 5.20. The summed E-state index contributed by atoms with van der Waals surface area (Å²) in [6, 6.07) is 8.45. The lowest BCUT2D eigenvalue weighted by atomic mass is 10.1. The van der Waals surface area contributed by atoms with Gasteiger partial charge in [-0.3, -0.25) is 9.59 Å². The molecule has 0 N–H and O–H groups in total. The SMILES string of the molecule is CC(=O)O[C@H]1C=COC=C(COC(=O)c2ccccc2)[C@H]1OC(C)=O. The molecule has 7 heteroatoms. The first-order chi connectivity index (χ1) is 12.0. The van der Waals surface area contributed by atoms with Crippen molar-refractivity contribution < 1.29 is 33.3 Å². The zero-order chi connectivity index (χ0) is 18.2. The Kier molecular flexibility index (Phi) is 6.33. The Bertz CT molecular complexity index is 691. The van der Waals surface area contributed by atoms with E-state index in [4.69, 9.17) is 18.9 Å². The Morgan fingerprint density at radius 2 is 1.72 bits per heavy atom. The summed E-state index contributed by atoms with van der Waals surface area (Å²) in [5, 5.41) is 0. The van der Waals surface area contributed by atoms with Crippen LogP contribution in [-0.2, 0) is 28.5 Å². The van der Waals surface area contributed by atoms with E-state index in [0.717, 1.165) is 0 Å². The first kappa shape index (κ1) is 18.3. The van der Waals surface area contributed by atoms with E-state index in [1.807, 2.05) is 0 Å². The van der Waals surface area contributed by atoms with Gasteiger partial charge in [-0.15, -0.1) is 0 Å². The minimum Gasteiger partial charge on any atom is -0.473 e. The fourth-order valence-corrected chi connectivity index (χ4v) is 2.17. The van der Waals surface area contributed by atoms with Gasteiger partial charge < -0.3 is 18.9 Å². The van der Waals surface area contributed by atoms with Crippen molar-refractivity contribution >= 4 is 17.9 Å². The Morgan fingerprint density at radius 3 is 2.36 bits per heavy atom.